The highest BCUT2D eigenvalue weighted by molar-refractivity contribution is 5.85. The monoisotopic (exact) mass is 338 g/mol. The van der Waals surface area contributed by atoms with Crippen LogP contribution in [0.4, 0.5) is 4.39 Å². The normalized spacial score (nSPS) is 27.0. The fourth-order valence-corrected chi connectivity index (χ4v) is 3.76. The highest BCUT2D eigenvalue weighted by atomic mass is 35.5. The van der Waals surface area contributed by atoms with Crippen LogP contribution >= 0.6 is 12.4 Å². The topological polar surface area (TPSA) is 68.2 Å². The van der Waals surface area contributed by atoms with Crippen molar-refractivity contribution in [3.05, 3.63) is 36.0 Å². The zero-order valence-corrected chi connectivity index (χ0v) is 13.5. The zero-order valence-electron chi connectivity index (χ0n) is 12.7. The molecule has 3 atom stereocenters. The SMILES string of the molecule is Cl.NC1CCC2CN(Cc3nc(-c4ccc(F)cc4)no3)CC12. The number of likely N-dealkylation sites (tertiary alicyclic amines) is 1. The quantitative estimate of drug-likeness (QED) is 0.931. The molecule has 3 unspecified atom stereocenters. The van der Waals surface area contributed by atoms with Gasteiger partial charge in [0.25, 0.3) is 0 Å². The van der Waals surface area contributed by atoms with Crippen molar-refractivity contribution in [1.82, 2.24) is 15.0 Å². The summed E-state index contributed by atoms with van der Waals surface area (Å²) in [5, 5.41) is 3.99. The van der Waals surface area contributed by atoms with E-state index in [1.165, 1.54) is 18.6 Å². The van der Waals surface area contributed by atoms with E-state index in [2.05, 4.69) is 15.0 Å². The van der Waals surface area contributed by atoms with Gasteiger partial charge in [0.1, 0.15) is 5.82 Å². The first-order valence-electron chi connectivity index (χ1n) is 7.75. The number of hydrogen-bond donors (Lipinski definition) is 1. The van der Waals surface area contributed by atoms with E-state index in [0.29, 0.717) is 30.2 Å². The summed E-state index contributed by atoms with van der Waals surface area (Å²) in [6.07, 6.45) is 2.38. The Hall–Kier alpha value is -1.50. The van der Waals surface area contributed by atoms with Gasteiger partial charge in [-0.25, -0.2) is 4.39 Å². The lowest BCUT2D eigenvalue weighted by atomic mass is 9.98. The Morgan fingerprint density at radius 1 is 1.22 bits per heavy atom. The Balaban J connectivity index is 0.00000156. The number of benzene rings is 1. The van der Waals surface area contributed by atoms with Crippen LogP contribution in [0, 0.1) is 17.7 Å². The van der Waals surface area contributed by atoms with Crippen LogP contribution in [-0.2, 0) is 6.54 Å². The maximum Gasteiger partial charge on any atom is 0.241 e. The van der Waals surface area contributed by atoms with Crippen LogP contribution in [0.5, 0.6) is 0 Å². The van der Waals surface area contributed by atoms with Crippen LogP contribution in [-0.4, -0.2) is 34.2 Å². The van der Waals surface area contributed by atoms with Gasteiger partial charge in [0, 0.05) is 24.7 Å². The van der Waals surface area contributed by atoms with E-state index in [1.54, 1.807) is 12.1 Å². The molecule has 2 aromatic rings. The van der Waals surface area contributed by atoms with Gasteiger partial charge in [0.05, 0.1) is 6.54 Å². The molecule has 2 aliphatic rings. The van der Waals surface area contributed by atoms with E-state index >= 15 is 0 Å². The van der Waals surface area contributed by atoms with Crippen LogP contribution in [0.3, 0.4) is 0 Å². The molecule has 0 amide bonds. The highest BCUT2D eigenvalue weighted by Crippen LogP contribution is 2.37. The third-order valence-electron chi connectivity index (χ3n) is 4.92. The van der Waals surface area contributed by atoms with Gasteiger partial charge in [0.15, 0.2) is 0 Å². The predicted molar refractivity (Wildman–Crippen MR) is 86.4 cm³/mol. The smallest absolute Gasteiger partial charge is 0.241 e. The van der Waals surface area contributed by atoms with E-state index in [4.69, 9.17) is 10.3 Å². The molecular formula is C16H20ClFN4O. The second-order valence-corrected chi connectivity index (χ2v) is 6.38. The van der Waals surface area contributed by atoms with Crippen LogP contribution in [0.2, 0.25) is 0 Å². The van der Waals surface area contributed by atoms with Gasteiger partial charge in [-0.1, -0.05) is 5.16 Å². The second-order valence-electron chi connectivity index (χ2n) is 6.38. The number of aromatic nitrogens is 2. The number of halogens is 2. The van der Waals surface area contributed by atoms with Crippen molar-refractivity contribution in [2.24, 2.45) is 17.6 Å². The fourth-order valence-electron chi connectivity index (χ4n) is 3.76. The maximum absolute atomic E-state index is 12.9. The van der Waals surface area contributed by atoms with Gasteiger partial charge >= 0.3 is 0 Å². The van der Waals surface area contributed by atoms with Gasteiger partial charge in [0.2, 0.25) is 11.7 Å². The molecule has 2 fully saturated rings. The minimum Gasteiger partial charge on any atom is -0.338 e. The van der Waals surface area contributed by atoms with Gasteiger partial charge < -0.3 is 10.3 Å². The standard InChI is InChI=1S/C16H19FN4O.ClH/c17-12-4-1-10(2-5-12)16-19-15(22-20-16)9-21-7-11-3-6-14(18)13(11)8-21;/h1-2,4-5,11,13-14H,3,6-9,18H2;1H. The lowest BCUT2D eigenvalue weighted by Crippen LogP contribution is -2.30. The van der Waals surface area contributed by atoms with E-state index < -0.39 is 0 Å². The number of nitrogens with two attached hydrogens (primary N) is 1. The molecule has 1 aromatic carbocycles. The molecule has 2 N–H and O–H groups in total. The van der Waals surface area contributed by atoms with Crippen LogP contribution in [0.15, 0.2) is 28.8 Å². The zero-order chi connectivity index (χ0) is 15.1. The van der Waals surface area contributed by atoms with Crippen molar-refractivity contribution in [2.75, 3.05) is 13.1 Å². The van der Waals surface area contributed by atoms with Crippen molar-refractivity contribution in [3.8, 4) is 11.4 Å². The van der Waals surface area contributed by atoms with E-state index in [-0.39, 0.29) is 18.2 Å². The largest absolute Gasteiger partial charge is 0.338 e. The molecule has 0 spiro atoms. The average Bonchev–Trinajstić information content (AvgIpc) is 3.19. The Kier molecular flexibility index (Phi) is 4.66. The summed E-state index contributed by atoms with van der Waals surface area (Å²) >= 11 is 0. The predicted octanol–water partition coefficient (Wildman–Crippen LogP) is 2.47. The molecule has 5 nitrogen and oxygen atoms in total. The molecule has 0 radical (unpaired) electrons. The minimum atomic E-state index is -0.271. The lowest BCUT2D eigenvalue weighted by molar-refractivity contribution is 0.250. The third kappa shape index (κ3) is 3.24. The van der Waals surface area contributed by atoms with E-state index in [0.717, 1.165) is 31.0 Å². The molecule has 1 aliphatic carbocycles. The number of fused-ring (bicyclic) bond motifs is 1. The second kappa shape index (κ2) is 6.55. The summed E-state index contributed by atoms with van der Waals surface area (Å²) < 4.78 is 18.3. The lowest BCUT2D eigenvalue weighted by Gasteiger charge is -2.15. The molecule has 1 aromatic heterocycles. The minimum absolute atomic E-state index is 0. The Labute approximate surface area is 140 Å². The third-order valence-corrected chi connectivity index (χ3v) is 4.92. The number of rotatable bonds is 3. The summed E-state index contributed by atoms with van der Waals surface area (Å²) in [5.74, 6) is 2.17. The summed E-state index contributed by atoms with van der Waals surface area (Å²) in [6.45, 7) is 2.74. The molecule has 1 aliphatic heterocycles. The van der Waals surface area contributed by atoms with Crippen LogP contribution in [0.25, 0.3) is 11.4 Å². The Morgan fingerprint density at radius 3 is 2.74 bits per heavy atom. The van der Waals surface area contributed by atoms with Gasteiger partial charge in [-0.2, -0.15) is 4.98 Å². The first-order chi connectivity index (χ1) is 10.7. The molecule has 124 valence electrons. The van der Waals surface area contributed by atoms with Crippen molar-refractivity contribution >= 4 is 12.4 Å². The molecule has 2 heterocycles. The Morgan fingerprint density at radius 2 is 2.00 bits per heavy atom. The number of hydrogen-bond acceptors (Lipinski definition) is 5. The molecule has 0 bridgehead atoms. The van der Waals surface area contributed by atoms with Crippen LogP contribution < -0.4 is 5.73 Å². The summed E-state index contributed by atoms with van der Waals surface area (Å²) in [5.41, 5.74) is 6.92. The van der Waals surface area contributed by atoms with Crippen molar-refractivity contribution in [3.63, 3.8) is 0 Å². The number of nitrogens with zero attached hydrogens (tertiary/aromatic N) is 3. The van der Waals surface area contributed by atoms with E-state index in [9.17, 15) is 4.39 Å². The average molecular weight is 339 g/mol. The summed E-state index contributed by atoms with van der Waals surface area (Å²) in [7, 11) is 0. The summed E-state index contributed by atoms with van der Waals surface area (Å²) in [4.78, 5) is 6.76. The maximum atomic E-state index is 12.9. The van der Waals surface area contributed by atoms with Gasteiger partial charge in [-0.05, 0) is 48.9 Å². The van der Waals surface area contributed by atoms with E-state index in [1.807, 2.05) is 0 Å². The molecule has 23 heavy (non-hydrogen) atoms. The van der Waals surface area contributed by atoms with Crippen molar-refractivity contribution in [1.29, 1.82) is 0 Å². The molecule has 7 heteroatoms. The Bertz CT molecular complexity index is 662. The van der Waals surface area contributed by atoms with Gasteiger partial charge in [-0.3, -0.25) is 4.90 Å². The summed E-state index contributed by atoms with van der Waals surface area (Å²) in [6, 6.07) is 6.45. The molecule has 1 saturated heterocycles. The van der Waals surface area contributed by atoms with Gasteiger partial charge in [-0.15, -0.1) is 12.4 Å². The highest BCUT2D eigenvalue weighted by Gasteiger charge is 2.41. The van der Waals surface area contributed by atoms with Crippen LogP contribution in [0.1, 0.15) is 18.7 Å². The fraction of sp³-hybridized carbons (Fsp3) is 0.500. The molecule has 4 rings (SSSR count). The first kappa shape index (κ1) is 16.4. The van der Waals surface area contributed by atoms with Crippen molar-refractivity contribution < 1.29 is 8.91 Å². The first-order valence-corrected chi connectivity index (χ1v) is 7.75. The molecular weight excluding hydrogens is 319 g/mol. The van der Waals surface area contributed by atoms with Crippen molar-refractivity contribution in [2.45, 2.75) is 25.4 Å². The molecule has 1 saturated carbocycles.